The van der Waals surface area contributed by atoms with Crippen molar-refractivity contribution in [3.8, 4) is 0 Å². The molecule has 1 aromatic heterocycles. The first-order valence-electron chi connectivity index (χ1n) is 4.76. The summed E-state index contributed by atoms with van der Waals surface area (Å²) in [7, 11) is 0. The quantitative estimate of drug-likeness (QED) is 0.366. The molecule has 5 heteroatoms. The van der Waals surface area contributed by atoms with Gasteiger partial charge >= 0.3 is 0 Å². The second-order valence-corrected chi connectivity index (χ2v) is 5.18. The highest BCUT2D eigenvalue weighted by Crippen LogP contribution is 2.18. The van der Waals surface area contributed by atoms with E-state index in [2.05, 4.69) is 20.9 Å². The van der Waals surface area contributed by atoms with E-state index in [9.17, 15) is 0 Å². The molecular weight excluding hydrogens is 274 g/mol. The molecule has 15 heavy (non-hydrogen) atoms. The molecule has 0 spiro atoms. The first-order valence-corrected chi connectivity index (χ1v) is 6.53. The monoisotopic (exact) mass is 287 g/mol. The van der Waals surface area contributed by atoms with Crippen LogP contribution in [0.2, 0.25) is 0 Å². The van der Waals surface area contributed by atoms with Gasteiger partial charge in [0.05, 0.1) is 10.9 Å². The van der Waals surface area contributed by atoms with E-state index in [0.717, 1.165) is 28.1 Å². The van der Waals surface area contributed by atoms with Crippen LogP contribution in [0.4, 0.5) is 0 Å². The van der Waals surface area contributed by atoms with E-state index >= 15 is 0 Å². The molecule has 0 atom stereocenters. The Balaban J connectivity index is 2.15. The minimum absolute atomic E-state index is 0.279. The second kappa shape index (κ2) is 6.85. The van der Waals surface area contributed by atoms with Crippen LogP contribution in [-0.2, 0) is 0 Å². The number of nitrogens with zero attached hydrogens (tertiary/aromatic N) is 1. The van der Waals surface area contributed by atoms with Crippen LogP contribution in [0, 0.1) is 5.41 Å². The lowest BCUT2D eigenvalue weighted by Crippen LogP contribution is -2.08. The summed E-state index contributed by atoms with van der Waals surface area (Å²) in [4.78, 5) is 4.26. The Bertz CT molecular complexity index is 313. The lowest BCUT2D eigenvalue weighted by atomic mass is 10.2. The van der Waals surface area contributed by atoms with Gasteiger partial charge in [-0.3, -0.25) is 5.41 Å². The van der Waals surface area contributed by atoms with Gasteiger partial charge in [-0.2, -0.15) is 0 Å². The standard InChI is InChI=1S/C10H14BrN3S/c11-8-4-5-10(14-7-8)15-6-2-1-3-9(12)13/h4-5,7H,1-3,6H2,(H3,12,13). The first kappa shape index (κ1) is 12.5. The zero-order valence-corrected chi connectivity index (χ0v) is 10.8. The Hall–Kier alpha value is -0.550. The van der Waals surface area contributed by atoms with Gasteiger partial charge in [0, 0.05) is 17.1 Å². The van der Waals surface area contributed by atoms with Gasteiger partial charge in [-0.1, -0.05) is 0 Å². The highest BCUT2D eigenvalue weighted by molar-refractivity contribution is 9.10. The Labute approximate surface area is 102 Å². The molecule has 1 rings (SSSR count). The summed E-state index contributed by atoms with van der Waals surface area (Å²) in [5.74, 6) is 1.31. The predicted octanol–water partition coefficient (Wildman–Crippen LogP) is 3.04. The van der Waals surface area contributed by atoms with E-state index < -0.39 is 0 Å². The molecule has 0 aliphatic rings. The average molecular weight is 288 g/mol. The summed E-state index contributed by atoms with van der Waals surface area (Å²) in [6.45, 7) is 0. The first-order chi connectivity index (χ1) is 7.18. The highest BCUT2D eigenvalue weighted by atomic mass is 79.9. The number of rotatable bonds is 6. The van der Waals surface area contributed by atoms with Crippen molar-refractivity contribution in [2.24, 2.45) is 5.73 Å². The Morgan fingerprint density at radius 2 is 2.27 bits per heavy atom. The van der Waals surface area contributed by atoms with Gasteiger partial charge in [0.2, 0.25) is 0 Å². The summed E-state index contributed by atoms with van der Waals surface area (Å²) in [5, 5.41) is 8.11. The lowest BCUT2D eigenvalue weighted by Gasteiger charge is -2.00. The molecule has 0 saturated carbocycles. The molecular formula is C10H14BrN3S. The van der Waals surface area contributed by atoms with Gasteiger partial charge in [-0.05, 0) is 46.7 Å². The minimum atomic E-state index is 0.279. The number of amidine groups is 1. The Morgan fingerprint density at radius 3 is 2.87 bits per heavy atom. The molecule has 0 saturated heterocycles. The van der Waals surface area contributed by atoms with E-state index in [-0.39, 0.29) is 5.84 Å². The van der Waals surface area contributed by atoms with E-state index in [4.69, 9.17) is 11.1 Å². The lowest BCUT2D eigenvalue weighted by molar-refractivity contribution is 0.836. The molecule has 0 bridgehead atoms. The zero-order valence-electron chi connectivity index (χ0n) is 8.37. The summed E-state index contributed by atoms with van der Waals surface area (Å²) in [5.41, 5.74) is 5.26. The molecule has 0 unspecified atom stereocenters. The molecule has 0 amide bonds. The molecule has 1 heterocycles. The molecule has 1 aromatic rings. The third-order valence-electron chi connectivity index (χ3n) is 1.79. The van der Waals surface area contributed by atoms with E-state index in [1.807, 2.05) is 12.1 Å². The topological polar surface area (TPSA) is 62.8 Å². The summed E-state index contributed by atoms with van der Waals surface area (Å²) in [6, 6.07) is 3.99. The number of pyridine rings is 1. The van der Waals surface area contributed by atoms with Crippen LogP contribution < -0.4 is 5.73 Å². The van der Waals surface area contributed by atoms with Crippen LogP contribution in [0.3, 0.4) is 0 Å². The van der Waals surface area contributed by atoms with Crippen LogP contribution >= 0.6 is 27.7 Å². The Kier molecular flexibility index (Phi) is 5.71. The molecule has 3 N–H and O–H groups in total. The van der Waals surface area contributed by atoms with Crippen molar-refractivity contribution in [1.29, 1.82) is 5.41 Å². The average Bonchev–Trinajstić information content (AvgIpc) is 2.20. The van der Waals surface area contributed by atoms with E-state index in [0.29, 0.717) is 6.42 Å². The van der Waals surface area contributed by atoms with Gasteiger partial charge in [0.1, 0.15) is 0 Å². The summed E-state index contributed by atoms with van der Waals surface area (Å²) in [6.07, 6.45) is 4.56. The fourth-order valence-electron chi connectivity index (χ4n) is 1.04. The number of thioether (sulfide) groups is 1. The Morgan fingerprint density at radius 1 is 1.47 bits per heavy atom. The maximum Gasteiger partial charge on any atom is 0.0960 e. The van der Waals surface area contributed by atoms with Crippen LogP contribution in [0.5, 0.6) is 0 Å². The number of halogens is 1. The summed E-state index contributed by atoms with van der Waals surface area (Å²) < 4.78 is 1.00. The predicted molar refractivity (Wildman–Crippen MR) is 68.4 cm³/mol. The molecule has 0 aromatic carbocycles. The molecule has 0 aliphatic heterocycles. The maximum absolute atomic E-state index is 7.07. The summed E-state index contributed by atoms with van der Waals surface area (Å²) >= 11 is 5.08. The van der Waals surface area contributed by atoms with Gasteiger partial charge in [-0.15, -0.1) is 11.8 Å². The van der Waals surface area contributed by atoms with Crippen LogP contribution in [-0.4, -0.2) is 16.6 Å². The molecule has 0 fully saturated rings. The molecule has 3 nitrogen and oxygen atoms in total. The number of aromatic nitrogens is 1. The molecule has 0 radical (unpaired) electrons. The third-order valence-corrected chi connectivity index (χ3v) is 3.29. The fraction of sp³-hybridized carbons (Fsp3) is 0.400. The van der Waals surface area contributed by atoms with Crippen molar-refractivity contribution >= 4 is 33.5 Å². The number of hydrogen-bond donors (Lipinski definition) is 2. The van der Waals surface area contributed by atoms with Gasteiger partial charge in [0.25, 0.3) is 0 Å². The number of nitrogens with one attached hydrogen (secondary N) is 1. The molecule has 0 aliphatic carbocycles. The van der Waals surface area contributed by atoms with Crippen LogP contribution in [0.15, 0.2) is 27.8 Å². The third kappa shape index (κ3) is 5.79. The zero-order chi connectivity index (χ0) is 11.1. The largest absolute Gasteiger partial charge is 0.388 e. The smallest absolute Gasteiger partial charge is 0.0960 e. The van der Waals surface area contributed by atoms with Gasteiger partial charge < -0.3 is 5.73 Å². The second-order valence-electron chi connectivity index (χ2n) is 3.15. The van der Waals surface area contributed by atoms with Crippen molar-refractivity contribution in [2.45, 2.75) is 24.3 Å². The number of unbranched alkanes of at least 4 members (excludes halogenated alkanes) is 1. The van der Waals surface area contributed by atoms with Crippen LogP contribution in [0.25, 0.3) is 0 Å². The van der Waals surface area contributed by atoms with Crippen molar-refractivity contribution in [3.05, 3.63) is 22.8 Å². The van der Waals surface area contributed by atoms with Crippen molar-refractivity contribution < 1.29 is 0 Å². The number of nitrogens with two attached hydrogens (primary N) is 1. The van der Waals surface area contributed by atoms with Crippen molar-refractivity contribution in [1.82, 2.24) is 4.98 Å². The SMILES string of the molecule is N=C(N)CCCCSc1ccc(Br)cn1. The van der Waals surface area contributed by atoms with Crippen molar-refractivity contribution in [3.63, 3.8) is 0 Å². The normalized spacial score (nSPS) is 10.2. The highest BCUT2D eigenvalue weighted by Gasteiger charge is 1.96. The maximum atomic E-state index is 7.07. The van der Waals surface area contributed by atoms with Crippen molar-refractivity contribution in [2.75, 3.05) is 5.75 Å². The minimum Gasteiger partial charge on any atom is -0.388 e. The van der Waals surface area contributed by atoms with Gasteiger partial charge in [-0.25, -0.2) is 4.98 Å². The van der Waals surface area contributed by atoms with E-state index in [1.165, 1.54) is 0 Å². The fourth-order valence-corrected chi connectivity index (χ4v) is 2.13. The van der Waals surface area contributed by atoms with E-state index in [1.54, 1.807) is 18.0 Å². The number of hydrogen-bond acceptors (Lipinski definition) is 3. The van der Waals surface area contributed by atoms with Gasteiger partial charge in [0.15, 0.2) is 0 Å². The molecule has 82 valence electrons. The van der Waals surface area contributed by atoms with Crippen LogP contribution in [0.1, 0.15) is 19.3 Å².